The molecule has 0 aliphatic heterocycles. The quantitative estimate of drug-likeness (QED) is 0.561. The Balaban J connectivity index is 1.89. The highest BCUT2D eigenvalue weighted by Gasteiger charge is 2.13. The Morgan fingerprint density at radius 3 is 2.61 bits per heavy atom. The second-order valence-electron chi connectivity index (χ2n) is 6.29. The third kappa shape index (κ3) is 5.07. The van der Waals surface area contributed by atoms with Crippen molar-refractivity contribution in [3.8, 4) is 17.1 Å². The molecule has 0 radical (unpaired) electrons. The van der Waals surface area contributed by atoms with Gasteiger partial charge in [0, 0.05) is 29.9 Å². The Labute approximate surface area is 165 Å². The minimum absolute atomic E-state index is 0.300. The van der Waals surface area contributed by atoms with Gasteiger partial charge in [0.05, 0.1) is 7.11 Å². The summed E-state index contributed by atoms with van der Waals surface area (Å²) in [7, 11) is 1.59. The number of amides is 1. The van der Waals surface area contributed by atoms with Gasteiger partial charge in [-0.25, -0.2) is 9.97 Å². The summed E-state index contributed by atoms with van der Waals surface area (Å²) in [6, 6.07) is 18.5. The molecule has 6 nitrogen and oxygen atoms in total. The summed E-state index contributed by atoms with van der Waals surface area (Å²) in [6.07, 6.45) is 2.10. The largest absolute Gasteiger partial charge is 0.497 e. The van der Waals surface area contributed by atoms with E-state index >= 15 is 0 Å². The van der Waals surface area contributed by atoms with E-state index in [1.54, 1.807) is 25.3 Å². The zero-order valence-electron chi connectivity index (χ0n) is 16.1. The molecule has 2 aromatic carbocycles. The van der Waals surface area contributed by atoms with Gasteiger partial charge in [0.25, 0.3) is 5.91 Å². The van der Waals surface area contributed by atoms with Gasteiger partial charge >= 0.3 is 0 Å². The molecule has 1 aromatic heterocycles. The average molecular weight is 376 g/mol. The molecule has 1 amide bonds. The molecule has 0 saturated carbocycles. The van der Waals surface area contributed by atoms with Crippen LogP contribution < -0.4 is 15.4 Å². The van der Waals surface area contributed by atoms with Crippen LogP contribution in [0.25, 0.3) is 11.4 Å². The first kappa shape index (κ1) is 19.4. The van der Waals surface area contributed by atoms with Crippen LogP contribution in [0.1, 0.15) is 30.3 Å². The summed E-state index contributed by atoms with van der Waals surface area (Å²) in [5, 5.41) is 6.15. The highest BCUT2D eigenvalue weighted by molar-refractivity contribution is 6.03. The first-order chi connectivity index (χ1) is 13.7. The van der Waals surface area contributed by atoms with Crippen molar-refractivity contribution >= 4 is 17.4 Å². The maximum Gasteiger partial charge on any atom is 0.274 e. The van der Waals surface area contributed by atoms with Crippen molar-refractivity contribution in [1.82, 2.24) is 9.97 Å². The fraction of sp³-hybridized carbons (Fsp3) is 0.227. The summed E-state index contributed by atoms with van der Waals surface area (Å²) in [5.41, 5.74) is 1.80. The zero-order valence-corrected chi connectivity index (χ0v) is 16.1. The van der Waals surface area contributed by atoms with Crippen LogP contribution >= 0.6 is 0 Å². The molecule has 3 aromatic rings. The lowest BCUT2D eigenvalue weighted by atomic mass is 10.2. The zero-order chi connectivity index (χ0) is 19.8. The van der Waals surface area contributed by atoms with Crippen LogP contribution in [0.15, 0.2) is 60.7 Å². The molecule has 2 N–H and O–H groups in total. The number of aromatic nitrogens is 2. The standard InChI is InChI=1S/C22H24N4O2/c1-3-4-13-23-20-15-19(25-21(26-20)16-9-6-5-7-10-16)22(27)24-17-11-8-12-18(14-17)28-2/h5-12,14-15H,3-4,13H2,1-2H3,(H,24,27)(H,23,25,26). The summed E-state index contributed by atoms with van der Waals surface area (Å²) in [4.78, 5) is 21.9. The van der Waals surface area contributed by atoms with Gasteiger partial charge in [0.2, 0.25) is 0 Å². The highest BCUT2D eigenvalue weighted by atomic mass is 16.5. The fourth-order valence-corrected chi connectivity index (χ4v) is 2.66. The maximum atomic E-state index is 12.8. The maximum absolute atomic E-state index is 12.8. The van der Waals surface area contributed by atoms with Crippen molar-refractivity contribution in [3.05, 3.63) is 66.4 Å². The molecule has 28 heavy (non-hydrogen) atoms. The topological polar surface area (TPSA) is 76.1 Å². The van der Waals surface area contributed by atoms with Crippen molar-refractivity contribution in [2.45, 2.75) is 19.8 Å². The number of carbonyl (C=O) groups is 1. The van der Waals surface area contributed by atoms with E-state index in [1.165, 1.54) is 0 Å². The van der Waals surface area contributed by atoms with Crippen molar-refractivity contribution in [2.24, 2.45) is 0 Å². The predicted molar refractivity (Wildman–Crippen MR) is 112 cm³/mol. The monoisotopic (exact) mass is 376 g/mol. The van der Waals surface area contributed by atoms with Gasteiger partial charge in [-0.2, -0.15) is 0 Å². The van der Waals surface area contributed by atoms with E-state index in [1.807, 2.05) is 42.5 Å². The smallest absolute Gasteiger partial charge is 0.274 e. The molecule has 3 rings (SSSR count). The van der Waals surface area contributed by atoms with E-state index in [0.29, 0.717) is 28.8 Å². The van der Waals surface area contributed by atoms with E-state index in [9.17, 15) is 4.79 Å². The predicted octanol–water partition coefficient (Wildman–Crippen LogP) is 4.62. The van der Waals surface area contributed by atoms with Crippen LogP contribution in [0, 0.1) is 0 Å². The second-order valence-corrected chi connectivity index (χ2v) is 6.29. The van der Waals surface area contributed by atoms with Gasteiger partial charge in [-0.05, 0) is 18.6 Å². The second kappa shape index (κ2) is 9.50. The number of ether oxygens (including phenoxy) is 1. The summed E-state index contributed by atoms with van der Waals surface area (Å²) >= 11 is 0. The molecule has 0 saturated heterocycles. The molecule has 0 unspecified atom stereocenters. The third-order valence-electron chi connectivity index (χ3n) is 4.15. The Morgan fingerprint density at radius 2 is 1.86 bits per heavy atom. The number of anilines is 2. The van der Waals surface area contributed by atoms with E-state index in [4.69, 9.17) is 4.74 Å². The summed E-state index contributed by atoms with van der Waals surface area (Å²) in [6.45, 7) is 2.92. The van der Waals surface area contributed by atoms with Gasteiger partial charge in [-0.1, -0.05) is 49.7 Å². The van der Waals surface area contributed by atoms with Crippen LogP contribution in [0.2, 0.25) is 0 Å². The number of hydrogen-bond acceptors (Lipinski definition) is 5. The van der Waals surface area contributed by atoms with Crippen LogP contribution in [0.4, 0.5) is 11.5 Å². The Morgan fingerprint density at radius 1 is 1.04 bits per heavy atom. The van der Waals surface area contributed by atoms with Crippen molar-refractivity contribution in [1.29, 1.82) is 0 Å². The normalized spacial score (nSPS) is 10.4. The van der Waals surface area contributed by atoms with Crippen molar-refractivity contribution < 1.29 is 9.53 Å². The SMILES string of the molecule is CCCCNc1cc(C(=O)Nc2cccc(OC)c2)nc(-c2ccccc2)n1. The fourth-order valence-electron chi connectivity index (χ4n) is 2.66. The molecule has 0 aliphatic carbocycles. The van der Waals surface area contributed by atoms with Crippen LogP contribution in [-0.4, -0.2) is 29.5 Å². The van der Waals surface area contributed by atoms with E-state index in [0.717, 1.165) is 24.9 Å². The Kier molecular flexibility index (Phi) is 6.57. The molecule has 6 heteroatoms. The lowest BCUT2D eigenvalue weighted by molar-refractivity contribution is 0.102. The number of methoxy groups -OCH3 is 1. The van der Waals surface area contributed by atoms with Gasteiger partial charge < -0.3 is 15.4 Å². The highest BCUT2D eigenvalue weighted by Crippen LogP contribution is 2.20. The first-order valence-corrected chi connectivity index (χ1v) is 9.33. The molecule has 0 bridgehead atoms. The minimum Gasteiger partial charge on any atom is -0.497 e. The summed E-state index contributed by atoms with van der Waals surface area (Å²) < 4.78 is 5.21. The van der Waals surface area contributed by atoms with E-state index in [2.05, 4.69) is 27.5 Å². The number of rotatable bonds is 8. The van der Waals surface area contributed by atoms with Gasteiger partial charge in [-0.15, -0.1) is 0 Å². The molecule has 0 atom stereocenters. The number of hydrogen-bond donors (Lipinski definition) is 2. The van der Waals surface area contributed by atoms with E-state index in [-0.39, 0.29) is 5.91 Å². The van der Waals surface area contributed by atoms with Crippen molar-refractivity contribution in [3.63, 3.8) is 0 Å². The van der Waals surface area contributed by atoms with Crippen LogP contribution in [0.5, 0.6) is 5.75 Å². The first-order valence-electron chi connectivity index (χ1n) is 9.33. The summed E-state index contributed by atoms with van der Waals surface area (Å²) in [5.74, 6) is 1.52. The molecular weight excluding hydrogens is 352 g/mol. The lowest BCUT2D eigenvalue weighted by Gasteiger charge is -2.11. The van der Waals surface area contributed by atoms with E-state index < -0.39 is 0 Å². The number of nitrogens with one attached hydrogen (secondary N) is 2. The number of nitrogens with zero attached hydrogens (tertiary/aromatic N) is 2. The number of unbranched alkanes of at least 4 members (excludes halogenated alkanes) is 1. The molecular formula is C22H24N4O2. The van der Waals surface area contributed by atoms with Crippen molar-refractivity contribution in [2.75, 3.05) is 24.3 Å². The van der Waals surface area contributed by atoms with Gasteiger partial charge in [0.1, 0.15) is 17.3 Å². The molecule has 0 fully saturated rings. The van der Waals surface area contributed by atoms with Gasteiger partial charge in [-0.3, -0.25) is 4.79 Å². The third-order valence-corrected chi connectivity index (χ3v) is 4.15. The Hall–Kier alpha value is -3.41. The van der Waals surface area contributed by atoms with Gasteiger partial charge in [0.15, 0.2) is 5.82 Å². The molecule has 1 heterocycles. The molecule has 144 valence electrons. The number of carbonyl (C=O) groups excluding carboxylic acids is 1. The Bertz CT molecular complexity index is 929. The minimum atomic E-state index is -0.300. The molecule has 0 spiro atoms. The van der Waals surface area contributed by atoms with Crippen LogP contribution in [0.3, 0.4) is 0 Å². The lowest BCUT2D eigenvalue weighted by Crippen LogP contribution is -2.16. The number of benzene rings is 2. The van der Waals surface area contributed by atoms with Crippen LogP contribution in [-0.2, 0) is 0 Å². The average Bonchev–Trinajstić information content (AvgIpc) is 2.74. The molecule has 0 aliphatic rings.